The van der Waals surface area contributed by atoms with E-state index in [-0.39, 0.29) is 22.3 Å². The SMILES string of the molecule is CC(C)c1cc(=O)n(CC2CCN(S(=O)(=O)c3cnn(C)c3)CC2)cn1. The molecule has 0 aromatic carbocycles. The van der Waals surface area contributed by atoms with Crippen LogP contribution in [0.4, 0.5) is 0 Å². The Hall–Kier alpha value is -2.00. The van der Waals surface area contributed by atoms with Crippen LogP contribution in [0, 0.1) is 5.92 Å². The van der Waals surface area contributed by atoms with Crippen LogP contribution in [-0.4, -0.2) is 45.1 Å². The Morgan fingerprint density at radius 1 is 1.27 bits per heavy atom. The second-order valence-corrected chi connectivity index (χ2v) is 9.09. The fourth-order valence-corrected chi connectivity index (χ4v) is 4.64. The van der Waals surface area contributed by atoms with E-state index in [1.807, 2.05) is 13.8 Å². The molecule has 0 bridgehead atoms. The van der Waals surface area contributed by atoms with E-state index in [2.05, 4.69) is 10.1 Å². The molecule has 9 heteroatoms. The molecule has 142 valence electrons. The minimum atomic E-state index is -3.49. The average Bonchev–Trinajstić information content (AvgIpc) is 3.04. The van der Waals surface area contributed by atoms with Crippen molar-refractivity contribution < 1.29 is 8.42 Å². The lowest BCUT2D eigenvalue weighted by Crippen LogP contribution is -2.40. The van der Waals surface area contributed by atoms with Crippen LogP contribution < -0.4 is 5.56 Å². The van der Waals surface area contributed by atoms with Crippen LogP contribution in [0.2, 0.25) is 0 Å². The second kappa shape index (κ2) is 7.32. The Morgan fingerprint density at radius 3 is 2.50 bits per heavy atom. The standard InChI is InChI=1S/C17H25N5O3S/c1-13(2)16-8-17(23)21(12-18-16)10-14-4-6-22(7-5-14)26(24,25)15-9-19-20(3)11-15/h8-9,11-14H,4-7,10H2,1-3H3. The van der Waals surface area contributed by atoms with Gasteiger partial charge in [0.05, 0.1) is 18.2 Å². The third-order valence-electron chi connectivity index (χ3n) is 4.84. The van der Waals surface area contributed by atoms with E-state index in [1.54, 1.807) is 24.0 Å². The molecule has 1 aliphatic rings. The summed E-state index contributed by atoms with van der Waals surface area (Å²) >= 11 is 0. The van der Waals surface area contributed by atoms with E-state index in [1.165, 1.54) is 21.4 Å². The molecule has 8 nitrogen and oxygen atoms in total. The lowest BCUT2D eigenvalue weighted by atomic mass is 9.98. The summed E-state index contributed by atoms with van der Waals surface area (Å²) in [7, 11) is -1.80. The van der Waals surface area contributed by atoms with Gasteiger partial charge in [0, 0.05) is 38.9 Å². The van der Waals surface area contributed by atoms with Gasteiger partial charge in [0.15, 0.2) is 0 Å². The summed E-state index contributed by atoms with van der Waals surface area (Å²) in [6.45, 7) is 5.49. The number of sulfonamides is 1. The van der Waals surface area contributed by atoms with Gasteiger partial charge in [0.2, 0.25) is 10.0 Å². The molecule has 1 fully saturated rings. The molecule has 0 unspecified atom stereocenters. The molecule has 2 aromatic heterocycles. The van der Waals surface area contributed by atoms with E-state index >= 15 is 0 Å². The molecule has 26 heavy (non-hydrogen) atoms. The van der Waals surface area contributed by atoms with Crippen molar-refractivity contribution in [2.24, 2.45) is 13.0 Å². The highest BCUT2D eigenvalue weighted by Crippen LogP contribution is 2.24. The van der Waals surface area contributed by atoms with Crippen molar-refractivity contribution in [2.75, 3.05) is 13.1 Å². The van der Waals surface area contributed by atoms with Gasteiger partial charge in [-0.25, -0.2) is 13.4 Å². The molecule has 0 saturated carbocycles. The summed E-state index contributed by atoms with van der Waals surface area (Å²) in [6.07, 6.45) is 5.94. The minimum Gasteiger partial charge on any atom is -0.299 e. The fourth-order valence-electron chi connectivity index (χ4n) is 3.18. The zero-order valence-corrected chi connectivity index (χ0v) is 16.2. The highest BCUT2D eigenvalue weighted by atomic mass is 32.2. The number of rotatable bonds is 5. The summed E-state index contributed by atoms with van der Waals surface area (Å²) in [4.78, 5) is 16.8. The molecule has 0 aliphatic carbocycles. The molecular weight excluding hydrogens is 354 g/mol. The molecule has 1 aliphatic heterocycles. The molecule has 0 spiro atoms. The third kappa shape index (κ3) is 3.88. The maximum absolute atomic E-state index is 12.6. The van der Waals surface area contributed by atoms with Crippen molar-refractivity contribution in [3.05, 3.63) is 40.8 Å². The third-order valence-corrected chi connectivity index (χ3v) is 6.69. The number of hydrogen-bond acceptors (Lipinski definition) is 5. The van der Waals surface area contributed by atoms with Crippen molar-refractivity contribution in [3.8, 4) is 0 Å². The maximum atomic E-state index is 12.6. The number of aryl methyl sites for hydroxylation is 1. The Labute approximate surface area is 153 Å². The lowest BCUT2D eigenvalue weighted by molar-refractivity contribution is 0.250. The van der Waals surface area contributed by atoms with E-state index in [0.717, 1.165) is 18.5 Å². The quantitative estimate of drug-likeness (QED) is 0.779. The molecule has 3 heterocycles. The molecule has 0 radical (unpaired) electrons. The molecular formula is C17H25N5O3S. The van der Waals surface area contributed by atoms with Gasteiger partial charge in [-0.15, -0.1) is 0 Å². The van der Waals surface area contributed by atoms with Gasteiger partial charge in [-0.05, 0) is 24.7 Å². The van der Waals surface area contributed by atoms with Crippen molar-refractivity contribution in [3.63, 3.8) is 0 Å². The first kappa shape index (κ1) is 18.8. The predicted molar refractivity (Wildman–Crippen MR) is 97.3 cm³/mol. The average molecular weight is 379 g/mol. The van der Waals surface area contributed by atoms with Crippen molar-refractivity contribution in [2.45, 2.75) is 44.0 Å². The zero-order valence-electron chi connectivity index (χ0n) is 15.4. The first-order valence-electron chi connectivity index (χ1n) is 8.82. The lowest BCUT2D eigenvalue weighted by Gasteiger charge is -2.31. The Morgan fingerprint density at radius 2 is 1.96 bits per heavy atom. The van der Waals surface area contributed by atoms with Gasteiger partial charge >= 0.3 is 0 Å². The summed E-state index contributed by atoms with van der Waals surface area (Å²) in [5.74, 6) is 0.484. The smallest absolute Gasteiger partial charge is 0.253 e. The van der Waals surface area contributed by atoms with Gasteiger partial charge in [-0.3, -0.25) is 14.0 Å². The van der Waals surface area contributed by atoms with Crippen LogP contribution in [0.15, 0.2) is 34.5 Å². The Bertz CT molecular complexity index is 924. The van der Waals surface area contributed by atoms with Gasteiger partial charge in [0.25, 0.3) is 5.56 Å². The normalized spacial score (nSPS) is 17.1. The summed E-state index contributed by atoms with van der Waals surface area (Å²) in [5.41, 5.74) is 0.748. The van der Waals surface area contributed by atoms with Crippen molar-refractivity contribution >= 4 is 10.0 Å². The molecule has 1 saturated heterocycles. The number of piperidine rings is 1. The van der Waals surface area contributed by atoms with Crippen LogP contribution in [0.3, 0.4) is 0 Å². The first-order chi connectivity index (χ1) is 12.3. The number of aromatic nitrogens is 4. The van der Waals surface area contributed by atoms with Crippen molar-refractivity contribution in [1.82, 2.24) is 23.6 Å². The van der Waals surface area contributed by atoms with E-state index in [4.69, 9.17) is 0 Å². The Kier molecular flexibility index (Phi) is 5.29. The monoisotopic (exact) mass is 379 g/mol. The van der Waals surface area contributed by atoms with Gasteiger partial charge in [-0.2, -0.15) is 9.40 Å². The van der Waals surface area contributed by atoms with Crippen LogP contribution >= 0.6 is 0 Å². The topological polar surface area (TPSA) is 90.1 Å². The highest BCUT2D eigenvalue weighted by molar-refractivity contribution is 7.89. The molecule has 0 amide bonds. The predicted octanol–water partition coefficient (Wildman–Crippen LogP) is 1.20. The Balaban J connectivity index is 1.63. The molecule has 0 N–H and O–H groups in total. The molecule has 0 atom stereocenters. The summed E-state index contributed by atoms with van der Waals surface area (Å²) < 4.78 is 29.9. The van der Waals surface area contributed by atoms with Crippen LogP contribution in [0.25, 0.3) is 0 Å². The van der Waals surface area contributed by atoms with Crippen LogP contribution in [-0.2, 0) is 23.6 Å². The number of hydrogen-bond donors (Lipinski definition) is 0. The molecule has 2 aromatic rings. The largest absolute Gasteiger partial charge is 0.299 e. The fraction of sp³-hybridized carbons (Fsp3) is 0.588. The van der Waals surface area contributed by atoms with Gasteiger partial charge in [0.1, 0.15) is 4.90 Å². The van der Waals surface area contributed by atoms with E-state index in [0.29, 0.717) is 19.6 Å². The zero-order chi connectivity index (χ0) is 18.9. The van der Waals surface area contributed by atoms with E-state index < -0.39 is 10.0 Å². The number of nitrogens with zero attached hydrogens (tertiary/aromatic N) is 5. The minimum absolute atomic E-state index is 0.0471. The van der Waals surface area contributed by atoms with Gasteiger partial charge in [-0.1, -0.05) is 13.8 Å². The molecule has 3 rings (SSSR count). The second-order valence-electron chi connectivity index (χ2n) is 7.16. The first-order valence-corrected chi connectivity index (χ1v) is 10.3. The van der Waals surface area contributed by atoms with Crippen molar-refractivity contribution in [1.29, 1.82) is 0 Å². The van der Waals surface area contributed by atoms with Crippen LogP contribution in [0.5, 0.6) is 0 Å². The van der Waals surface area contributed by atoms with E-state index in [9.17, 15) is 13.2 Å². The maximum Gasteiger partial charge on any atom is 0.253 e. The highest BCUT2D eigenvalue weighted by Gasteiger charge is 2.30. The summed E-state index contributed by atoms with van der Waals surface area (Å²) in [6, 6.07) is 1.59. The van der Waals surface area contributed by atoms with Crippen LogP contribution in [0.1, 0.15) is 38.3 Å². The summed E-state index contributed by atoms with van der Waals surface area (Å²) in [5, 5.41) is 3.94. The van der Waals surface area contributed by atoms with Gasteiger partial charge < -0.3 is 0 Å².